The second-order valence-electron chi connectivity index (χ2n) is 5.18. The van der Waals surface area contributed by atoms with Gasteiger partial charge in [0.2, 0.25) is 5.91 Å². The fraction of sp³-hybridized carbons (Fsp3) is 0.562. The molecule has 1 aliphatic rings. The Morgan fingerprint density at radius 1 is 1.45 bits per heavy atom. The first-order valence-corrected chi connectivity index (χ1v) is 7.33. The number of rotatable bonds is 5. The van der Waals surface area contributed by atoms with Crippen LogP contribution in [0.5, 0.6) is 0 Å². The van der Waals surface area contributed by atoms with Gasteiger partial charge in [-0.25, -0.2) is 0 Å². The van der Waals surface area contributed by atoms with E-state index >= 15 is 0 Å². The molecule has 0 fully saturated rings. The Labute approximate surface area is 121 Å². The molecule has 20 heavy (non-hydrogen) atoms. The third-order valence-corrected chi connectivity index (χ3v) is 3.87. The molecule has 110 valence electrons. The van der Waals surface area contributed by atoms with E-state index in [1.807, 2.05) is 24.1 Å². The minimum atomic E-state index is 0.200. The summed E-state index contributed by atoms with van der Waals surface area (Å²) in [4.78, 5) is 14.4. The molecule has 4 heteroatoms. The molecule has 1 unspecified atom stereocenters. The molecule has 1 atom stereocenters. The lowest BCUT2D eigenvalue weighted by atomic mass is 10.0. The highest BCUT2D eigenvalue weighted by atomic mass is 16.5. The summed E-state index contributed by atoms with van der Waals surface area (Å²) in [5.74, 6) is 0.200. The van der Waals surface area contributed by atoms with E-state index in [0.29, 0.717) is 19.1 Å². The van der Waals surface area contributed by atoms with Crippen molar-refractivity contribution >= 4 is 11.6 Å². The highest BCUT2D eigenvalue weighted by molar-refractivity contribution is 5.94. The van der Waals surface area contributed by atoms with Gasteiger partial charge >= 0.3 is 0 Å². The van der Waals surface area contributed by atoms with Crippen molar-refractivity contribution in [1.82, 2.24) is 5.32 Å². The number of nitrogens with one attached hydrogen (secondary N) is 1. The van der Waals surface area contributed by atoms with Gasteiger partial charge in [-0.1, -0.05) is 18.2 Å². The Morgan fingerprint density at radius 3 is 3.00 bits per heavy atom. The molecule has 4 nitrogen and oxygen atoms in total. The Hall–Kier alpha value is -1.39. The molecule has 0 spiro atoms. The molecule has 0 aliphatic carbocycles. The molecule has 0 bridgehead atoms. The molecule has 1 aromatic rings. The second kappa shape index (κ2) is 7.41. The summed E-state index contributed by atoms with van der Waals surface area (Å²) >= 11 is 0. The SMILES string of the molecule is CNC1CCCN(C(=O)CCCOC)c2ccccc21. The van der Waals surface area contributed by atoms with Crippen LogP contribution >= 0.6 is 0 Å². The van der Waals surface area contributed by atoms with Crippen molar-refractivity contribution in [3.8, 4) is 0 Å². The summed E-state index contributed by atoms with van der Waals surface area (Å²) in [6.45, 7) is 1.45. The predicted molar refractivity (Wildman–Crippen MR) is 80.9 cm³/mol. The van der Waals surface area contributed by atoms with Crippen molar-refractivity contribution in [2.24, 2.45) is 0 Å². The van der Waals surface area contributed by atoms with Crippen LogP contribution in [0.4, 0.5) is 5.69 Å². The van der Waals surface area contributed by atoms with Gasteiger partial charge < -0.3 is 15.0 Å². The second-order valence-corrected chi connectivity index (χ2v) is 5.18. The summed E-state index contributed by atoms with van der Waals surface area (Å²) in [5.41, 5.74) is 2.29. The smallest absolute Gasteiger partial charge is 0.227 e. The molecule has 1 aromatic carbocycles. The summed E-state index contributed by atoms with van der Waals surface area (Å²) < 4.78 is 5.03. The number of hydrogen-bond donors (Lipinski definition) is 1. The molecular formula is C16H24N2O2. The van der Waals surface area contributed by atoms with Crippen LogP contribution in [0.25, 0.3) is 0 Å². The summed E-state index contributed by atoms with van der Waals surface area (Å²) in [7, 11) is 3.65. The Bertz CT molecular complexity index is 448. The van der Waals surface area contributed by atoms with E-state index in [0.717, 1.165) is 31.5 Å². The maximum absolute atomic E-state index is 12.4. The van der Waals surface area contributed by atoms with Crippen LogP contribution in [-0.4, -0.2) is 33.2 Å². The zero-order chi connectivity index (χ0) is 14.4. The molecule has 0 aromatic heterocycles. The lowest BCUT2D eigenvalue weighted by molar-refractivity contribution is -0.118. The van der Waals surface area contributed by atoms with Gasteiger partial charge in [0.05, 0.1) is 0 Å². The quantitative estimate of drug-likeness (QED) is 0.840. The average molecular weight is 276 g/mol. The topological polar surface area (TPSA) is 41.6 Å². The molecule has 0 radical (unpaired) electrons. The van der Waals surface area contributed by atoms with E-state index in [4.69, 9.17) is 4.74 Å². The van der Waals surface area contributed by atoms with E-state index in [-0.39, 0.29) is 5.91 Å². The average Bonchev–Trinajstić information content (AvgIpc) is 2.66. The molecule has 1 amide bonds. The minimum Gasteiger partial charge on any atom is -0.385 e. The standard InChI is InChI=1S/C16H24N2O2/c1-17-14-8-5-11-18(16(19)10-6-12-20-2)15-9-4-3-7-13(14)15/h3-4,7,9,14,17H,5-6,8,10-12H2,1-2H3. The van der Waals surface area contributed by atoms with Gasteiger partial charge in [0.1, 0.15) is 0 Å². The first-order chi connectivity index (χ1) is 9.77. The number of para-hydroxylation sites is 1. The van der Waals surface area contributed by atoms with E-state index < -0.39 is 0 Å². The van der Waals surface area contributed by atoms with Crippen molar-refractivity contribution in [1.29, 1.82) is 0 Å². The van der Waals surface area contributed by atoms with Gasteiger partial charge in [0.25, 0.3) is 0 Å². The van der Waals surface area contributed by atoms with Gasteiger partial charge in [0, 0.05) is 38.4 Å². The number of amides is 1. The molecule has 1 N–H and O–H groups in total. The number of carbonyl (C=O) groups is 1. The van der Waals surface area contributed by atoms with Crippen LogP contribution in [0.3, 0.4) is 0 Å². The number of ether oxygens (including phenoxy) is 1. The fourth-order valence-corrected chi connectivity index (χ4v) is 2.82. The molecule has 1 aliphatic heterocycles. The van der Waals surface area contributed by atoms with Crippen molar-refractivity contribution < 1.29 is 9.53 Å². The van der Waals surface area contributed by atoms with Crippen molar-refractivity contribution in [2.45, 2.75) is 31.7 Å². The van der Waals surface area contributed by atoms with Gasteiger partial charge in [0.15, 0.2) is 0 Å². The molecule has 1 heterocycles. The van der Waals surface area contributed by atoms with Crippen molar-refractivity contribution in [2.75, 3.05) is 32.2 Å². The van der Waals surface area contributed by atoms with Gasteiger partial charge in [-0.05, 0) is 37.9 Å². The first kappa shape index (κ1) is 15.0. The highest BCUT2D eigenvalue weighted by Gasteiger charge is 2.24. The van der Waals surface area contributed by atoms with Gasteiger partial charge in [-0.15, -0.1) is 0 Å². The summed E-state index contributed by atoms with van der Waals surface area (Å²) in [5, 5.41) is 3.35. The highest BCUT2D eigenvalue weighted by Crippen LogP contribution is 2.32. The monoisotopic (exact) mass is 276 g/mol. The Kier molecular flexibility index (Phi) is 5.56. The normalized spacial score (nSPS) is 18.5. The van der Waals surface area contributed by atoms with Crippen molar-refractivity contribution in [3.05, 3.63) is 29.8 Å². The lowest BCUT2D eigenvalue weighted by Gasteiger charge is -2.24. The number of methoxy groups -OCH3 is 1. The van der Waals surface area contributed by atoms with Crippen LogP contribution in [0.1, 0.15) is 37.3 Å². The third kappa shape index (κ3) is 3.38. The van der Waals surface area contributed by atoms with Crippen LogP contribution in [0.2, 0.25) is 0 Å². The fourth-order valence-electron chi connectivity index (χ4n) is 2.82. The number of anilines is 1. The number of fused-ring (bicyclic) bond motifs is 1. The lowest BCUT2D eigenvalue weighted by Crippen LogP contribution is -2.31. The predicted octanol–water partition coefficient (Wildman–Crippen LogP) is 2.50. The van der Waals surface area contributed by atoms with Gasteiger partial charge in [-0.3, -0.25) is 4.79 Å². The number of carbonyl (C=O) groups excluding carboxylic acids is 1. The zero-order valence-electron chi connectivity index (χ0n) is 12.4. The Morgan fingerprint density at radius 2 is 2.25 bits per heavy atom. The van der Waals surface area contributed by atoms with Crippen molar-refractivity contribution in [3.63, 3.8) is 0 Å². The van der Waals surface area contributed by atoms with E-state index in [1.165, 1.54) is 5.56 Å². The molecule has 0 saturated heterocycles. The van der Waals surface area contributed by atoms with Gasteiger partial charge in [-0.2, -0.15) is 0 Å². The Balaban J connectivity index is 2.18. The van der Waals surface area contributed by atoms with Crippen LogP contribution in [-0.2, 0) is 9.53 Å². The first-order valence-electron chi connectivity index (χ1n) is 7.33. The molecule has 2 rings (SSSR count). The van der Waals surface area contributed by atoms with Crippen LogP contribution < -0.4 is 10.2 Å². The maximum Gasteiger partial charge on any atom is 0.227 e. The molecular weight excluding hydrogens is 252 g/mol. The zero-order valence-corrected chi connectivity index (χ0v) is 12.4. The van der Waals surface area contributed by atoms with E-state index in [9.17, 15) is 4.79 Å². The molecule has 0 saturated carbocycles. The van der Waals surface area contributed by atoms with E-state index in [1.54, 1.807) is 7.11 Å². The summed E-state index contributed by atoms with van der Waals surface area (Å²) in [6, 6.07) is 8.56. The van der Waals surface area contributed by atoms with Crippen LogP contribution in [0.15, 0.2) is 24.3 Å². The largest absolute Gasteiger partial charge is 0.385 e. The minimum absolute atomic E-state index is 0.200. The maximum atomic E-state index is 12.4. The number of hydrogen-bond acceptors (Lipinski definition) is 3. The number of benzene rings is 1. The summed E-state index contributed by atoms with van der Waals surface area (Å²) in [6.07, 6.45) is 3.42. The third-order valence-electron chi connectivity index (χ3n) is 3.87. The number of nitrogens with zero attached hydrogens (tertiary/aromatic N) is 1. The van der Waals surface area contributed by atoms with Crippen LogP contribution in [0, 0.1) is 0 Å². The van der Waals surface area contributed by atoms with E-state index in [2.05, 4.69) is 17.4 Å².